The average Bonchev–Trinajstić information content (AvgIpc) is 3.20. The quantitative estimate of drug-likeness (QED) is 0.296. The van der Waals surface area contributed by atoms with Crippen LogP contribution in [0.4, 0.5) is 4.79 Å². The van der Waals surface area contributed by atoms with Crippen molar-refractivity contribution in [3.8, 4) is 0 Å². The molecule has 34 heavy (non-hydrogen) atoms. The summed E-state index contributed by atoms with van der Waals surface area (Å²) in [6.07, 6.45) is 4.69. The molecule has 2 heterocycles. The SMILES string of the molecule is CC(C)(C)OC(=O)NC(Cc1c[nH]c2ccccc12)C(=O)NN=Cc1cccc2cccnc12. The molecule has 1 unspecified atom stereocenters. The molecule has 0 aliphatic rings. The molecule has 1 atom stereocenters. The number of nitrogens with one attached hydrogen (secondary N) is 3. The van der Waals surface area contributed by atoms with Crippen LogP contribution in [-0.4, -0.2) is 39.8 Å². The second kappa shape index (κ2) is 9.74. The fraction of sp³-hybridized carbons (Fsp3) is 0.231. The number of pyridine rings is 1. The number of rotatable bonds is 6. The number of carbonyl (C=O) groups excluding carboxylic acids is 2. The Bertz CT molecular complexity index is 1350. The van der Waals surface area contributed by atoms with E-state index < -0.39 is 23.6 Å². The van der Waals surface area contributed by atoms with E-state index >= 15 is 0 Å². The average molecular weight is 458 g/mol. The Morgan fingerprint density at radius 2 is 1.91 bits per heavy atom. The Balaban J connectivity index is 1.52. The van der Waals surface area contributed by atoms with E-state index in [0.717, 1.165) is 32.9 Å². The first-order chi connectivity index (χ1) is 16.3. The van der Waals surface area contributed by atoms with Crippen LogP contribution >= 0.6 is 0 Å². The number of hydrazone groups is 1. The topological polar surface area (TPSA) is 108 Å². The molecule has 3 N–H and O–H groups in total. The van der Waals surface area contributed by atoms with Gasteiger partial charge in [0.05, 0.1) is 11.7 Å². The second-order valence-corrected chi connectivity index (χ2v) is 8.92. The lowest BCUT2D eigenvalue weighted by Crippen LogP contribution is -2.48. The smallest absolute Gasteiger partial charge is 0.408 e. The largest absolute Gasteiger partial charge is 0.444 e. The van der Waals surface area contributed by atoms with Crippen LogP contribution in [0.15, 0.2) is 72.1 Å². The van der Waals surface area contributed by atoms with Crippen molar-refractivity contribution >= 4 is 40.0 Å². The third-order valence-electron chi connectivity index (χ3n) is 5.15. The molecule has 0 spiro atoms. The Kier molecular flexibility index (Phi) is 6.58. The summed E-state index contributed by atoms with van der Waals surface area (Å²) in [4.78, 5) is 33.1. The fourth-order valence-electron chi connectivity index (χ4n) is 3.65. The van der Waals surface area contributed by atoms with Gasteiger partial charge in [-0.2, -0.15) is 5.10 Å². The highest BCUT2D eigenvalue weighted by Crippen LogP contribution is 2.19. The van der Waals surface area contributed by atoms with E-state index in [-0.39, 0.29) is 6.42 Å². The minimum absolute atomic E-state index is 0.264. The third kappa shape index (κ3) is 5.58. The van der Waals surface area contributed by atoms with Crippen LogP contribution in [0.2, 0.25) is 0 Å². The molecule has 0 fully saturated rings. The molecule has 2 aromatic heterocycles. The third-order valence-corrected chi connectivity index (χ3v) is 5.15. The van der Waals surface area contributed by atoms with Gasteiger partial charge in [-0.05, 0) is 38.5 Å². The van der Waals surface area contributed by atoms with E-state index in [1.165, 1.54) is 0 Å². The van der Waals surface area contributed by atoms with Gasteiger partial charge in [-0.15, -0.1) is 0 Å². The summed E-state index contributed by atoms with van der Waals surface area (Å²) in [6, 6.07) is 16.4. The van der Waals surface area contributed by atoms with Crippen molar-refractivity contribution in [3.05, 3.63) is 78.1 Å². The lowest BCUT2D eigenvalue weighted by Gasteiger charge is -2.22. The highest BCUT2D eigenvalue weighted by molar-refractivity contribution is 5.98. The standard InChI is InChI=1S/C26H27N5O3/c1-26(2,3)34-25(33)30-22(14-19-15-28-21-12-5-4-11-20(19)21)24(32)31-29-16-18-9-6-8-17-10-7-13-27-23(17)18/h4-13,15-16,22,28H,14H2,1-3H3,(H,30,33)(H,31,32). The maximum atomic E-state index is 13.0. The van der Waals surface area contributed by atoms with Gasteiger partial charge in [0.25, 0.3) is 5.91 Å². The molecular weight excluding hydrogens is 430 g/mol. The number of para-hydroxylation sites is 2. The van der Waals surface area contributed by atoms with Crippen LogP contribution in [0.5, 0.6) is 0 Å². The van der Waals surface area contributed by atoms with Gasteiger partial charge in [0.15, 0.2) is 0 Å². The number of amides is 2. The minimum atomic E-state index is -0.892. The Morgan fingerprint density at radius 1 is 1.12 bits per heavy atom. The number of aromatic nitrogens is 2. The van der Waals surface area contributed by atoms with Gasteiger partial charge >= 0.3 is 6.09 Å². The number of fused-ring (bicyclic) bond motifs is 2. The molecule has 0 saturated heterocycles. The van der Waals surface area contributed by atoms with Crippen molar-refractivity contribution in [1.29, 1.82) is 0 Å². The normalized spacial score (nSPS) is 12.7. The van der Waals surface area contributed by atoms with Crippen molar-refractivity contribution in [2.75, 3.05) is 0 Å². The zero-order chi connectivity index (χ0) is 24.1. The molecule has 0 aliphatic heterocycles. The summed E-state index contributed by atoms with van der Waals surface area (Å²) in [5.41, 5.74) is 5.26. The first-order valence-corrected chi connectivity index (χ1v) is 11.0. The molecule has 0 bridgehead atoms. The first-order valence-electron chi connectivity index (χ1n) is 11.0. The Labute approximate surface area is 197 Å². The summed E-state index contributed by atoms with van der Waals surface area (Å²) >= 11 is 0. The maximum absolute atomic E-state index is 13.0. The van der Waals surface area contributed by atoms with Crippen molar-refractivity contribution in [3.63, 3.8) is 0 Å². The predicted molar refractivity (Wildman–Crippen MR) is 133 cm³/mol. The zero-order valence-electron chi connectivity index (χ0n) is 19.3. The minimum Gasteiger partial charge on any atom is -0.444 e. The Hall–Kier alpha value is -4.20. The highest BCUT2D eigenvalue weighted by Gasteiger charge is 2.25. The van der Waals surface area contributed by atoms with Crippen LogP contribution in [0.25, 0.3) is 21.8 Å². The van der Waals surface area contributed by atoms with Crippen molar-refractivity contribution in [2.45, 2.75) is 38.8 Å². The van der Waals surface area contributed by atoms with Crippen molar-refractivity contribution < 1.29 is 14.3 Å². The summed E-state index contributed by atoms with van der Waals surface area (Å²) in [6.45, 7) is 5.30. The molecule has 0 aliphatic carbocycles. The molecule has 2 amide bonds. The number of H-pyrrole nitrogens is 1. The summed E-state index contributed by atoms with van der Waals surface area (Å²) in [5.74, 6) is -0.458. The van der Waals surface area contributed by atoms with Crippen LogP contribution in [0, 0.1) is 0 Å². The first kappa shape index (κ1) is 23.0. The fourth-order valence-corrected chi connectivity index (χ4v) is 3.65. The molecule has 0 saturated carbocycles. The number of alkyl carbamates (subject to hydrolysis) is 1. The molecular formula is C26H27N5O3. The number of hydrogen-bond acceptors (Lipinski definition) is 5. The van der Waals surface area contributed by atoms with Crippen LogP contribution in [-0.2, 0) is 16.0 Å². The molecule has 8 nitrogen and oxygen atoms in total. The van der Waals surface area contributed by atoms with E-state index in [1.54, 1.807) is 33.2 Å². The molecule has 0 radical (unpaired) electrons. The maximum Gasteiger partial charge on any atom is 0.408 e. The van der Waals surface area contributed by atoms with Gasteiger partial charge in [-0.3, -0.25) is 9.78 Å². The number of hydrogen-bond donors (Lipinski definition) is 3. The number of nitrogens with zero attached hydrogens (tertiary/aromatic N) is 2. The number of aromatic amines is 1. The lowest BCUT2D eigenvalue weighted by atomic mass is 10.0. The number of ether oxygens (including phenoxy) is 1. The summed E-state index contributed by atoms with van der Waals surface area (Å²) in [5, 5.41) is 8.76. The van der Waals surface area contributed by atoms with Gasteiger partial charge in [0.2, 0.25) is 0 Å². The lowest BCUT2D eigenvalue weighted by molar-refractivity contribution is -0.123. The van der Waals surface area contributed by atoms with E-state index in [9.17, 15) is 9.59 Å². The molecule has 2 aromatic carbocycles. The predicted octanol–water partition coefficient (Wildman–Crippen LogP) is 4.30. The molecule has 4 aromatic rings. The van der Waals surface area contributed by atoms with Gasteiger partial charge in [0.1, 0.15) is 11.6 Å². The van der Waals surface area contributed by atoms with E-state index in [4.69, 9.17) is 4.74 Å². The van der Waals surface area contributed by atoms with E-state index in [0.29, 0.717) is 0 Å². The molecule has 174 valence electrons. The van der Waals surface area contributed by atoms with Crippen molar-refractivity contribution in [2.24, 2.45) is 5.10 Å². The number of benzene rings is 2. The van der Waals surface area contributed by atoms with Gasteiger partial charge < -0.3 is 15.0 Å². The van der Waals surface area contributed by atoms with E-state index in [1.807, 2.05) is 60.8 Å². The van der Waals surface area contributed by atoms with Crippen LogP contribution in [0.3, 0.4) is 0 Å². The molecule has 8 heteroatoms. The Morgan fingerprint density at radius 3 is 2.74 bits per heavy atom. The summed E-state index contributed by atoms with van der Waals surface area (Å²) < 4.78 is 5.36. The van der Waals surface area contributed by atoms with E-state index in [2.05, 4.69) is 25.8 Å². The van der Waals surface area contributed by atoms with Gasteiger partial charge in [-0.25, -0.2) is 10.2 Å². The monoisotopic (exact) mass is 457 g/mol. The number of carbonyl (C=O) groups is 2. The van der Waals surface area contributed by atoms with Crippen LogP contribution in [0.1, 0.15) is 31.9 Å². The second-order valence-electron chi connectivity index (χ2n) is 8.92. The highest BCUT2D eigenvalue weighted by atomic mass is 16.6. The van der Waals surface area contributed by atoms with Crippen LogP contribution < -0.4 is 10.7 Å². The van der Waals surface area contributed by atoms with Gasteiger partial charge in [0, 0.05) is 40.7 Å². The van der Waals surface area contributed by atoms with Crippen molar-refractivity contribution in [1.82, 2.24) is 20.7 Å². The molecule has 4 rings (SSSR count). The zero-order valence-corrected chi connectivity index (χ0v) is 19.3. The van der Waals surface area contributed by atoms with Gasteiger partial charge in [-0.1, -0.05) is 42.5 Å². The summed E-state index contributed by atoms with van der Waals surface area (Å²) in [7, 11) is 0.